The van der Waals surface area contributed by atoms with Crippen molar-refractivity contribution >= 4 is 23.2 Å². The summed E-state index contributed by atoms with van der Waals surface area (Å²) in [7, 11) is 1.58. The fourth-order valence-corrected chi connectivity index (χ4v) is 6.32. The van der Waals surface area contributed by atoms with Gasteiger partial charge in [-0.15, -0.1) is 11.3 Å². The Labute approximate surface area is 217 Å². The highest BCUT2D eigenvalue weighted by Crippen LogP contribution is 2.37. The van der Waals surface area contributed by atoms with Crippen molar-refractivity contribution in [3.63, 3.8) is 0 Å². The number of carbonyl (C=O) groups is 2. The molecule has 1 aromatic heterocycles. The highest BCUT2D eigenvalue weighted by atomic mass is 32.1. The van der Waals surface area contributed by atoms with E-state index in [1.165, 1.54) is 21.6 Å². The van der Waals surface area contributed by atoms with E-state index in [2.05, 4.69) is 47.5 Å². The smallest absolute Gasteiger partial charge is 0.257 e. The lowest BCUT2D eigenvalue weighted by molar-refractivity contribution is -0.135. The Kier molecular flexibility index (Phi) is 7.12. The molecule has 2 atom stereocenters. The summed E-state index contributed by atoms with van der Waals surface area (Å²) in [5.41, 5.74) is 4.35. The van der Waals surface area contributed by atoms with Crippen LogP contribution < -0.4 is 4.74 Å². The first-order valence-electron chi connectivity index (χ1n) is 12.5. The number of nitrogens with zero attached hydrogens (tertiary/aromatic N) is 3. The lowest BCUT2D eigenvalue weighted by Gasteiger charge is -2.42. The third kappa shape index (κ3) is 4.77. The van der Waals surface area contributed by atoms with E-state index < -0.39 is 0 Å². The second-order valence-electron chi connectivity index (χ2n) is 9.72. The third-order valence-electron chi connectivity index (χ3n) is 7.38. The zero-order chi connectivity index (χ0) is 25.2. The fourth-order valence-electron chi connectivity index (χ4n) is 5.41. The van der Waals surface area contributed by atoms with Gasteiger partial charge in [0.2, 0.25) is 5.91 Å². The second kappa shape index (κ2) is 10.4. The Balaban J connectivity index is 1.28. The summed E-state index contributed by atoms with van der Waals surface area (Å²) >= 11 is 1.81. The Morgan fingerprint density at radius 2 is 1.81 bits per heavy atom. The maximum atomic E-state index is 13.5. The van der Waals surface area contributed by atoms with Crippen molar-refractivity contribution in [2.24, 2.45) is 0 Å². The molecule has 0 aliphatic carbocycles. The molecule has 1 fully saturated rings. The number of thiophene rings is 1. The van der Waals surface area contributed by atoms with E-state index >= 15 is 0 Å². The molecule has 0 N–H and O–H groups in total. The number of para-hydroxylation sites is 1. The number of piperazine rings is 1. The maximum absolute atomic E-state index is 13.5. The van der Waals surface area contributed by atoms with Crippen LogP contribution in [0.25, 0.3) is 0 Å². The molecular weight excluding hydrogens is 470 g/mol. The molecule has 188 valence electrons. The van der Waals surface area contributed by atoms with Crippen LogP contribution in [0, 0.1) is 6.92 Å². The molecule has 0 bridgehead atoms. The predicted molar refractivity (Wildman–Crippen MR) is 143 cm³/mol. The Morgan fingerprint density at radius 3 is 2.56 bits per heavy atom. The molecule has 0 spiro atoms. The molecule has 2 aromatic carbocycles. The van der Waals surface area contributed by atoms with E-state index in [1.54, 1.807) is 19.2 Å². The fraction of sp³-hybridized carbons (Fsp3) is 0.379. The van der Waals surface area contributed by atoms with Gasteiger partial charge in [-0.1, -0.05) is 42.0 Å². The van der Waals surface area contributed by atoms with Gasteiger partial charge < -0.3 is 14.5 Å². The molecule has 2 aliphatic rings. The van der Waals surface area contributed by atoms with E-state index in [4.69, 9.17) is 4.74 Å². The number of amides is 2. The molecule has 0 radical (unpaired) electrons. The quantitative estimate of drug-likeness (QED) is 0.518. The predicted octanol–water partition coefficient (Wildman–Crippen LogP) is 4.39. The van der Waals surface area contributed by atoms with Crippen LogP contribution in [0.4, 0.5) is 0 Å². The molecule has 3 aromatic rings. The standard InChI is InChI=1S/C29H33N3O3S/c1-20-8-10-22(11-9-20)28-24-13-17-36-26(24)12-14-31(28)19-27(33)30-15-16-32(21(2)18-30)29(34)23-6-4-5-7-25(23)35-3/h4-11,13,17,21,28H,12,14-16,18-19H2,1-3H3/t21-,28+/m1/s1. The van der Waals surface area contributed by atoms with Gasteiger partial charge in [0.1, 0.15) is 5.75 Å². The van der Waals surface area contributed by atoms with Gasteiger partial charge in [0.05, 0.1) is 25.3 Å². The summed E-state index contributed by atoms with van der Waals surface area (Å²) < 4.78 is 5.39. The van der Waals surface area contributed by atoms with E-state index in [-0.39, 0.29) is 23.9 Å². The average Bonchev–Trinajstić information content (AvgIpc) is 3.37. The Morgan fingerprint density at radius 1 is 1.03 bits per heavy atom. The van der Waals surface area contributed by atoms with Crippen LogP contribution >= 0.6 is 11.3 Å². The monoisotopic (exact) mass is 503 g/mol. The molecular formula is C29H33N3O3S. The summed E-state index contributed by atoms with van der Waals surface area (Å²) in [5.74, 6) is 0.655. The normalized spacial score (nSPS) is 20.2. The topological polar surface area (TPSA) is 53.1 Å². The SMILES string of the molecule is COc1ccccc1C(=O)N1CCN(C(=O)CN2CCc3sccc3[C@@H]2c2ccc(C)cc2)C[C@H]1C. The van der Waals surface area contributed by atoms with Crippen molar-refractivity contribution in [1.82, 2.24) is 14.7 Å². The maximum Gasteiger partial charge on any atom is 0.257 e. The second-order valence-corrected chi connectivity index (χ2v) is 10.7. The van der Waals surface area contributed by atoms with Gasteiger partial charge in [0.25, 0.3) is 5.91 Å². The zero-order valence-corrected chi connectivity index (χ0v) is 22.0. The molecule has 7 heteroatoms. The van der Waals surface area contributed by atoms with Gasteiger partial charge in [0, 0.05) is 37.1 Å². The van der Waals surface area contributed by atoms with E-state index in [0.717, 1.165) is 13.0 Å². The first-order valence-corrected chi connectivity index (χ1v) is 13.4. The highest BCUT2D eigenvalue weighted by molar-refractivity contribution is 7.10. The lowest BCUT2D eigenvalue weighted by Crippen LogP contribution is -2.57. The average molecular weight is 504 g/mol. The third-order valence-corrected chi connectivity index (χ3v) is 8.37. The number of carbonyl (C=O) groups excluding carboxylic acids is 2. The molecule has 2 aliphatic heterocycles. The molecule has 0 saturated carbocycles. The molecule has 36 heavy (non-hydrogen) atoms. The van der Waals surface area contributed by atoms with Crippen molar-refractivity contribution < 1.29 is 14.3 Å². The van der Waals surface area contributed by atoms with Crippen LogP contribution in [-0.2, 0) is 11.2 Å². The van der Waals surface area contributed by atoms with Crippen molar-refractivity contribution in [3.8, 4) is 5.75 Å². The number of methoxy groups -OCH3 is 1. The van der Waals surface area contributed by atoms with Crippen molar-refractivity contribution in [2.45, 2.75) is 32.4 Å². The van der Waals surface area contributed by atoms with Gasteiger partial charge in [-0.2, -0.15) is 0 Å². The molecule has 0 unspecified atom stereocenters. The van der Waals surface area contributed by atoms with Crippen LogP contribution in [0.2, 0.25) is 0 Å². The van der Waals surface area contributed by atoms with Crippen LogP contribution in [0.5, 0.6) is 5.75 Å². The van der Waals surface area contributed by atoms with Crippen LogP contribution in [0.1, 0.15) is 44.9 Å². The first-order chi connectivity index (χ1) is 17.5. The van der Waals surface area contributed by atoms with E-state index in [1.807, 2.05) is 40.2 Å². The lowest BCUT2D eigenvalue weighted by atomic mass is 9.92. The first kappa shape index (κ1) is 24.5. The van der Waals surface area contributed by atoms with E-state index in [0.29, 0.717) is 37.5 Å². The summed E-state index contributed by atoms with van der Waals surface area (Å²) in [6.45, 7) is 6.94. The summed E-state index contributed by atoms with van der Waals surface area (Å²) in [6, 6.07) is 18.2. The minimum absolute atomic E-state index is 0.0486. The van der Waals surface area contributed by atoms with Gasteiger partial charge in [-0.25, -0.2) is 0 Å². The number of hydrogen-bond donors (Lipinski definition) is 0. The summed E-state index contributed by atoms with van der Waals surface area (Å²) in [4.78, 5) is 34.3. The van der Waals surface area contributed by atoms with Crippen LogP contribution in [0.15, 0.2) is 60.0 Å². The number of hydrogen-bond acceptors (Lipinski definition) is 5. The molecule has 3 heterocycles. The minimum atomic E-state index is -0.0714. The van der Waals surface area contributed by atoms with Gasteiger partial charge in [-0.05, 0) is 55.0 Å². The van der Waals surface area contributed by atoms with Crippen molar-refractivity contribution in [3.05, 3.63) is 87.1 Å². The van der Waals surface area contributed by atoms with Gasteiger partial charge in [0.15, 0.2) is 0 Å². The molecule has 5 rings (SSSR count). The number of aryl methyl sites for hydroxylation is 1. The summed E-state index contributed by atoms with van der Waals surface area (Å²) in [6.07, 6.45) is 0.972. The number of fused-ring (bicyclic) bond motifs is 1. The zero-order valence-electron chi connectivity index (χ0n) is 21.1. The molecule has 6 nitrogen and oxygen atoms in total. The van der Waals surface area contributed by atoms with E-state index in [9.17, 15) is 9.59 Å². The number of rotatable bonds is 5. The number of ether oxygens (including phenoxy) is 1. The van der Waals surface area contributed by atoms with Crippen molar-refractivity contribution in [1.29, 1.82) is 0 Å². The Bertz CT molecular complexity index is 1240. The molecule has 1 saturated heterocycles. The summed E-state index contributed by atoms with van der Waals surface area (Å²) in [5, 5.41) is 2.16. The largest absolute Gasteiger partial charge is 0.496 e. The van der Waals surface area contributed by atoms with Gasteiger partial charge >= 0.3 is 0 Å². The Hall–Kier alpha value is -3.16. The molecule has 2 amide bonds. The minimum Gasteiger partial charge on any atom is -0.496 e. The highest BCUT2D eigenvalue weighted by Gasteiger charge is 2.35. The van der Waals surface area contributed by atoms with Crippen LogP contribution in [-0.4, -0.2) is 72.4 Å². The van der Waals surface area contributed by atoms with Crippen molar-refractivity contribution in [2.75, 3.05) is 39.8 Å². The van der Waals surface area contributed by atoms with Gasteiger partial charge in [-0.3, -0.25) is 14.5 Å². The number of benzene rings is 2. The van der Waals surface area contributed by atoms with Crippen LogP contribution in [0.3, 0.4) is 0 Å².